The Morgan fingerprint density at radius 3 is 2.25 bits per heavy atom. The summed E-state index contributed by atoms with van der Waals surface area (Å²) in [5.41, 5.74) is -0.605. The van der Waals surface area contributed by atoms with Gasteiger partial charge in [0, 0.05) is 0 Å². The molecule has 12 heavy (non-hydrogen) atoms. The molecular weight excluding hydrogens is 165 g/mol. The van der Waals surface area contributed by atoms with Crippen LogP contribution in [0.25, 0.3) is 0 Å². The molecule has 0 aliphatic carbocycles. The number of alkyl halides is 2. The lowest BCUT2D eigenvalue weighted by Gasteiger charge is -2.04. The first-order chi connectivity index (χ1) is 5.54. The number of allylic oxidation sites excluding steroid dienone is 4. The first kappa shape index (κ1) is 11.0. The summed E-state index contributed by atoms with van der Waals surface area (Å²) < 4.78 is 37.0. The van der Waals surface area contributed by atoms with Gasteiger partial charge in [0.15, 0.2) is 0 Å². The molecule has 0 N–H and O–H groups in total. The molecule has 0 radical (unpaired) electrons. The molecule has 0 unspecified atom stereocenters. The number of hydrogen-bond donors (Lipinski definition) is 0. The van der Waals surface area contributed by atoms with Crippen LogP contribution in [0, 0.1) is 0 Å². The zero-order valence-electron chi connectivity index (χ0n) is 6.91. The quantitative estimate of drug-likeness (QED) is 0.574. The van der Waals surface area contributed by atoms with Gasteiger partial charge in [-0.05, 0) is 12.0 Å². The Kier molecular flexibility index (Phi) is 4.40. The summed E-state index contributed by atoms with van der Waals surface area (Å²) in [6.45, 7) is 8.06. The molecule has 0 aliphatic rings. The minimum atomic E-state index is -2.83. The minimum Gasteiger partial charge on any atom is -0.206 e. The summed E-state index contributed by atoms with van der Waals surface area (Å²) in [5, 5.41) is 0. The van der Waals surface area contributed by atoms with Crippen LogP contribution in [0.1, 0.15) is 13.3 Å². The van der Waals surface area contributed by atoms with E-state index in [-0.39, 0.29) is 5.57 Å². The van der Waals surface area contributed by atoms with Gasteiger partial charge in [-0.1, -0.05) is 26.2 Å². The summed E-state index contributed by atoms with van der Waals surface area (Å²) in [5.74, 6) is -0.942. The molecule has 0 aromatic carbocycles. The lowest BCUT2D eigenvalue weighted by Crippen LogP contribution is -1.97. The Morgan fingerprint density at radius 1 is 1.50 bits per heavy atom. The van der Waals surface area contributed by atoms with Crippen molar-refractivity contribution < 1.29 is 13.2 Å². The van der Waals surface area contributed by atoms with Crippen molar-refractivity contribution in [1.29, 1.82) is 0 Å². The van der Waals surface area contributed by atoms with Gasteiger partial charge >= 0.3 is 0 Å². The lowest BCUT2D eigenvalue weighted by atomic mass is 10.1. The van der Waals surface area contributed by atoms with Gasteiger partial charge in [0.05, 0.1) is 5.57 Å². The SMILES string of the molecule is C=C/C(=C(/F)C(=C)CC)C(F)F. The van der Waals surface area contributed by atoms with Crippen LogP contribution in [0.3, 0.4) is 0 Å². The van der Waals surface area contributed by atoms with Gasteiger partial charge in [-0.3, -0.25) is 0 Å². The summed E-state index contributed by atoms with van der Waals surface area (Å²) in [6, 6.07) is 0. The fourth-order valence-corrected chi connectivity index (χ4v) is 0.634. The standard InChI is InChI=1S/C9H11F3/c1-4-6(3)8(10)7(5-2)9(11)12/h5,9H,2-4H2,1H3/b8-7-. The zero-order chi connectivity index (χ0) is 9.72. The van der Waals surface area contributed by atoms with Crippen LogP contribution in [0.4, 0.5) is 13.2 Å². The molecule has 0 spiro atoms. The monoisotopic (exact) mass is 176 g/mol. The fourth-order valence-electron chi connectivity index (χ4n) is 0.634. The molecule has 0 rings (SSSR count). The molecule has 0 saturated heterocycles. The average Bonchev–Trinajstić information content (AvgIpc) is 2.03. The third-order valence-corrected chi connectivity index (χ3v) is 1.45. The van der Waals surface area contributed by atoms with Crippen LogP contribution in [-0.2, 0) is 0 Å². The molecular formula is C9H11F3. The molecule has 0 nitrogen and oxygen atoms in total. The first-order valence-corrected chi connectivity index (χ1v) is 3.53. The summed E-state index contributed by atoms with van der Waals surface area (Å²) in [7, 11) is 0. The van der Waals surface area contributed by atoms with Crippen LogP contribution in [0.2, 0.25) is 0 Å². The Morgan fingerprint density at radius 2 is 2.00 bits per heavy atom. The third kappa shape index (κ3) is 2.57. The predicted molar refractivity (Wildman–Crippen MR) is 43.8 cm³/mol. The van der Waals surface area contributed by atoms with Crippen molar-refractivity contribution in [2.45, 2.75) is 19.8 Å². The minimum absolute atomic E-state index is 0.0743. The van der Waals surface area contributed by atoms with E-state index < -0.39 is 17.8 Å². The maximum atomic E-state index is 12.9. The van der Waals surface area contributed by atoms with Gasteiger partial charge in [-0.2, -0.15) is 0 Å². The van der Waals surface area contributed by atoms with Crippen molar-refractivity contribution in [2.24, 2.45) is 0 Å². The molecule has 0 atom stereocenters. The second-order valence-electron chi connectivity index (χ2n) is 2.23. The fraction of sp³-hybridized carbons (Fsp3) is 0.333. The lowest BCUT2D eigenvalue weighted by molar-refractivity contribution is 0.190. The molecule has 0 fully saturated rings. The molecule has 0 amide bonds. The van der Waals surface area contributed by atoms with E-state index in [1.54, 1.807) is 6.92 Å². The highest BCUT2D eigenvalue weighted by molar-refractivity contribution is 5.34. The Bertz CT molecular complexity index is 214. The first-order valence-electron chi connectivity index (χ1n) is 3.53. The highest BCUT2D eigenvalue weighted by atomic mass is 19.3. The molecule has 68 valence electrons. The largest absolute Gasteiger partial charge is 0.266 e. The van der Waals surface area contributed by atoms with E-state index in [2.05, 4.69) is 13.2 Å². The zero-order valence-corrected chi connectivity index (χ0v) is 6.91. The van der Waals surface area contributed by atoms with E-state index in [0.29, 0.717) is 6.42 Å². The molecule has 0 aliphatic heterocycles. The Labute approximate surface area is 70.1 Å². The van der Waals surface area contributed by atoms with E-state index in [1.165, 1.54) is 0 Å². The summed E-state index contributed by atoms with van der Waals surface area (Å²) >= 11 is 0. The second-order valence-corrected chi connectivity index (χ2v) is 2.23. The van der Waals surface area contributed by atoms with Crippen LogP contribution in [-0.4, -0.2) is 6.43 Å². The number of hydrogen-bond acceptors (Lipinski definition) is 0. The average molecular weight is 176 g/mol. The topological polar surface area (TPSA) is 0 Å². The Balaban J connectivity index is 4.84. The van der Waals surface area contributed by atoms with Crippen molar-refractivity contribution in [3.8, 4) is 0 Å². The summed E-state index contributed by atoms with van der Waals surface area (Å²) in [4.78, 5) is 0. The maximum absolute atomic E-state index is 12.9. The molecule has 0 heterocycles. The van der Waals surface area contributed by atoms with Gasteiger partial charge in [0.2, 0.25) is 0 Å². The van der Waals surface area contributed by atoms with E-state index in [0.717, 1.165) is 6.08 Å². The predicted octanol–water partition coefficient (Wildman–Crippen LogP) is 3.63. The Hall–Kier alpha value is -0.990. The van der Waals surface area contributed by atoms with Gasteiger partial charge in [0.1, 0.15) is 5.83 Å². The van der Waals surface area contributed by atoms with E-state index >= 15 is 0 Å². The number of rotatable bonds is 4. The summed E-state index contributed by atoms with van der Waals surface area (Å²) in [6.07, 6.45) is -1.69. The maximum Gasteiger partial charge on any atom is 0.266 e. The van der Waals surface area contributed by atoms with Crippen molar-refractivity contribution in [1.82, 2.24) is 0 Å². The van der Waals surface area contributed by atoms with Crippen molar-refractivity contribution in [2.75, 3.05) is 0 Å². The molecule has 0 aromatic rings. The van der Waals surface area contributed by atoms with Crippen molar-refractivity contribution in [3.05, 3.63) is 36.2 Å². The van der Waals surface area contributed by atoms with E-state index in [1.807, 2.05) is 0 Å². The third-order valence-electron chi connectivity index (χ3n) is 1.45. The van der Waals surface area contributed by atoms with E-state index in [4.69, 9.17) is 0 Å². The highest BCUT2D eigenvalue weighted by Crippen LogP contribution is 2.22. The van der Waals surface area contributed by atoms with Crippen molar-refractivity contribution in [3.63, 3.8) is 0 Å². The van der Waals surface area contributed by atoms with Crippen LogP contribution in [0.15, 0.2) is 36.2 Å². The molecule has 0 saturated carbocycles. The van der Waals surface area contributed by atoms with Crippen molar-refractivity contribution >= 4 is 0 Å². The van der Waals surface area contributed by atoms with Gasteiger partial charge < -0.3 is 0 Å². The number of halogens is 3. The van der Waals surface area contributed by atoms with Gasteiger partial charge in [-0.15, -0.1) is 0 Å². The van der Waals surface area contributed by atoms with Crippen LogP contribution < -0.4 is 0 Å². The smallest absolute Gasteiger partial charge is 0.206 e. The molecule has 3 heteroatoms. The van der Waals surface area contributed by atoms with Gasteiger partial charge in [-0.25, -0.2) is 13.2 Å². The van der Waals surface area contributed by atoms with Crippen LogP contribution >= 0.6 is 0 Å². The van der Waals surface area contributed by atoms with Gasteiger partial charge in [0.25, 0.3) is 6.43 Å². The molecule has 0 aromatic heterocycles. The molecule has 0 bridgehead atoms. The highest BCUT2D eigenvalue weighted by Gasteiger charge is 2.14. The van der Waals surface area contributed by atoms with Crippen LogP contribution in [0.5, 0.6) is 0 Å². The normalized spacial score (nSPS) is 12.8. The van der Waals surface area contributed by atoms with E-state index in [9.17, 15) is 13.2 Å². The second kappa shape index (κ2) is 4.80.